The largest absolute Gasteiger partial charge is 0.454 e. The Hall–Kier alpha value is -2.81. The first-order chi connectivity index (χ1) is 11.5. The van der Waals surface area contributed by atoms with E-state index >= 15 is 0 Å². The van der Waals surface area contributed by atoms with Crippen LogP contribution in [0.15, 0.2) is 33.5 Å². The van der Waals surface area contributed by atoms with Crippen LogP contribution in [-0.4, -0.2) is 39.9 Å². The number of rotatable bonds is 6. The summed E-state index contributed by atoms with van der Waals surface area (Å²) in [6.07, 6.45) is 3.20. The molecule has 0 aliphatic heterocycles. The average molecular weight is 351 g/mol. The fourth-order valence-electron chi connectivity index (χ4n) is 1.91. The number of hydrogen-bond donors (Lipinski definition) is 1. The summed E-state index contributed by atoms with van der Waals surface area (Å²) in [5.74, 6) is 1.16. The zero-order valence-electron chi connectivity index (χ0n) is 13.1. The van der Waals surface area contributed by atoms with Crippen LogP contribution in [0.3, 0.4) is 0 Å². The summed E-state index contributed by atoms with van der Waals surface area (Å²) in [7, 11) is 3.59. The van der Waals surface area contributed by atoms with Gasteiger partial charge in [0.1, 0.15) is 5.76 Å². The van der Waals surface area contributed by atoms with Gasteiger partial charge >= 0.3 is 0 Å². The number of furan rings is 1. The second-order valence-corrected chi connectivity index (χ2v) is 5.62. The molecule has 0 saturated carbocycles. The summed E-state index contributed by atoms with van der Waals surface area (Å²) in [6, 6.07) is 3.30. The highest BCUT2D eigenvalue weighted by molar-refractivity contribution is 6.30. The van der Waals surface area contributed by atoms with Gasteiger partial charge in [0.2, 0.25) is 5.89 Å². The molecule has 3 heterocycles. The molecule has 0 unspecified atom stereocenters. The number of halogens is 1. The number of anilines is 1. The number of carbonyl (C=O) groups is 1. The predicted molar refractivity (Wildman–Crippen MR) is 84.8 cm³/mol. The molecular formula is C14H15ClN6O3. The van der Waals surface area contributed by atoms with E-state index in [-0.39, 0.29) is 18.2 Å². The van der Waals surface area contributed by atoms with E-state index in [9.17, 15) is 4.79 Å². The highest BCUT2D eigenvalue weighted by atomic mass is 35.5. The van der Waals surface area contributed by atoms with Crippen molar-refractivity contribution in [2.45, 2.75) is 13.1 Å². The van der Waals surface area contributed by atoms with Crippen molar-refractivity contribution in [1.29, 1.82) is 0 Å². The molecule has 3 aromatic rings. The molecule has 0 fully saturated rings. The van der Waals surface area contributed by atoms with Crippen molar-refractivity contribution in [3.05, 3.63) is 47.0 Å². The Bertz CT molecular complexity index is 837. The fourth-order valence-corrected chi connectivity index (χ4v) is 2.07. The average Bonchev–Trinajstić information content (AvgIpc) is 3.26. The molecule has 0 aliphatic carbocycles. The summed E-state index contributed by atoms with van der Waals surface area (Å²) in [5, 5.41) is 11.0. The Morgan fingerprint density at radius 2 is 2.25 bits per heavy atom. The smallest absolute Gasteiger partial charge is 0.287 e. The summed E-state index contributed by atoms with van der Waals surface area (Å²) in [4.78, 5) is 17.9. The van der Waals surface area contributed by atoms with Crippen molar-refractivity contribution in [2.24, 2.45) is 0 Å². The number of nitrogens with one attached hydrogen (secondary N) is 1. The summed E-state index contributed by atoms with van der Waals surface area (Å²) in [5.41, 5.74) is 0. The van der Waals surface area contributed by atoms with Gasteiger partial charge in [-0.2, -0.15) is 10.1 Å². The molecule has 0 aliphatic rings. The number of amides is 1. The molecule has 0 atom stereocenters. The number of hydrogen-bond acceptors (Lipinski definition) is 7. The van der Waals surface area contributed by atoms with E-state index in [2.05, 4.69) is 20.6 Å². The third-order valence-electron chi connectivity index (χ3n) is 3.06. The van der Waals surface area contributed by atoms with Crippen LogP contribution in [0.25, 0.3) is 0 Å². The lowest BCUT2D eigenvalue weighted by atomic mass is 10.4. The minimum absolute atomic E-state index is 0.116. The van der Waals surface area contributed by atoms with E-state index in [0.29, 0.717) is 29.2 Å². The summed E-state index contributed by atoms with van der Waals surface area (Å²) < 4.78 is 12.1. The Kier molecular flexibility index (Phi) is 4.52. The molecule has 0 spiro atoms. The molecule has 1 N–H and O–H groups in total. The standard InChI is InChI=1S/C14H15ClN6O3/c1-20(2)14-18-12(24-19-14)6-16-13(22)11-4-3-10(23-11)8-21-7-9(15)5-17-21/h3-5,7H,6,8H2,1-2H3,(H,16,22). The fraction of sp³-hybridized carbons (Fsp3) is 0.286. The maximum Gasteiger partial charge on any atom is 0.287 e. The molecule has 3 rings (SSSR count). The molecule has 10 heteroatoms. The Labute approximate surface area is 142 Å². The zero-order chi connectivity index (χ0) is 17.1. The monoisotopic (exact) mass is 350 g/mol. The first-order valence-corrected chi connectivity index (χ1v) is 7.44. The van der Waals surface area contributed by atoms with Crippen LogP contribution in [0.2, 0.25) is 5.02 Å². The van der Waals surface area contributed by atoms with Crippen molar-refractivity contribution in [1.82, 2.24) is 25.2 Å². The van der Waals surface area contributed by atoms with E-state index < -0.39 is 0 Å². The van der Waals surface area contributed by atoms with Gasteiger partial charge in [-0.05, 0) is 17.3 Å². The van der Waals surface area contributed by atoms with Crippen molar-refractivity contribution in [2.75, 3.05) is 19.0 Å². The van der Waals surface area contributed by atoms with E-state index in [4.69, 9.17) is 20.5 Å². The van der Waals surface area contributed by atoms with Crippen molar-refractivity contribution >= 4 is 23.5 Å². The first-order valence-electron chi connectivity index (χ1n) is 7.06. The highest BCUT2D eigenvalue weighted by Crippen LogP contribution is 2.12. The van der Waals surface area contributed by atoms with E-state index in [1.165, 1.54) is 6.20 Å². The molecule has 1 amide bonds. The lowest BCUT2D eigenvalue weighted by Gasteiger charge is -2.02. The molecule has 3 aromatic heterocycles. The topological polar surface area (TPSA) is 102 Å². The van der Waals surface area contributed by atoms with Gasteiger partial charge in [0.05, 0.1) is 24.3 Å². The lowest BCUT2D eigenvalue weighted by molar-refractivity contribution is 0.0916. The molecule has 0 radical (unpaired) electrons. The summed E-state index contributed by atoms with van der Waals surface area (Å²) >= 11 is 5.80. The Morgan fingerprint density at radius 3 is 2.92 bits per heavy atom. The SMILES string of the molecule is CN(C)c1noc(CNC(=O)c2ccc(Cn3cc(Cl)cn3)o2)n1. The molecule has 0 saturated heterocycles. The number of nitrogens with zero attached hydrogens (tertiary/aromatic N) is 5. The highest BCUT2D eigenvalue weighted by Gasteiger charge is 2.14. The van der Waals surface area contributed by atoms with Gasteiger partial charge < -0.3 is 19.2 Å². The van der Waals surface area contributed by atoms with Gasteiger partial charge in [0.25, 0.3) is 11.9 Å². The molecule has 0 aromatic carbocycles. The predicted octanol–water partition coefficient (Wildman–Crippen LogP) is 1.56. The van der Waals surface area contributed by atoms with E-state index in [1.54, 1.807) is 42.0 Å². The second-order valence-electron chi connectivity index (χ2n) is 5.19. The van der Waals surface area contributed by atoms with Gasteiger partial charge in [-0.1, -0.05) is 11.6 Å². The molecular weight excluding hydrogens is 336 g/mol. The van der Waals surface area contributed by atoms with Crippen LogP contribution in [-0.2, 0) is 13.1 Å². The first kappa shape index (κ1) is 16.1. The van der Waals surface area contributed by atoms with E-state index in [1.807, 2.05) is 0 Å². The van der Waals surface area contributed by atoms with Crippen LogP contribution < -0.4 is 10.2 Å². The zero-order valence-corrected chi connectivity index (χ0v) is 13.8. The number of carbonyl (C=O) groups excluding carboxylic acids is 1. The maximum absolute atomic E-state index is 12.1. The molecule has 9 nitrogen and oxygen atoms in total. The van der Waals surface area contributed by atoms with Gasteiger partial charge in [0.15, 0.2) is 5.76 Å². The van der Waals surface area contributed by atoms with Crippen LogP contribution in [0.4, 0.5) is 5.95 Å². The van der Waals surface area contributed by atoms with Gasteiger partial charge in [-0.15, -0.1) is 0 Å². The van der Waals surface area contributed by atoms with Gasteiger partial charge in [-0.25, -0.2) is 0 Å². The molecule has 0 bridgehead atoms. The minimum atomic E-state index is -0.371. The minimum Gasteiger partial charge on any atom is -0.454 e. The third kappa shape index (κ3) is 3.74. The quantitative estimate of drug-likeness (QED) is 0.719. The van der Waals surface area contributed by atoms with Gasteiger partial charge in [-0.3, -0.25) is 9.48 Å². The van der Waals surface area contributed by atoms with Crippen LogP contribution in [0.1, 0.15) is 22.2 Å². The second kappa shape index (κ2) is 6.75. The molecule has 24 heavy (non-hydrogen) atoms. The normalized spacial score (nSPS) is 10.8. The third-order valence-corrected chi connectivity index (χ3v) is 3.26. The van der Waals surface area contributed by atoms with E-state index in [0.717, 1.165) is 0 Å². The Balaban J connectivity index is 1.57. The van der Waals surface area contributed by atoms with Crippen molar-refractivity contribution in [3.63, 3.8) is 0 Å². The van der Waals surface area contributed by atoms with Crippen LogP contribution >= 0.6 is 11.6 Å². The van der Waals surface area contributed by atoms with Crippen molar-refractivity contribution in [3.8, 4) is 0 Å². The number of aromatic nitrogens is 4. The molecule has 126 valence electrons. The van der Waals surface area contributed by atoms with Crippen molar-refractivity contribution < 1.29 is 13.7 Å². The maximum atomic E-state index is 12.1. The van der Waals surface area contributed by atoms with Crippen LogP contribution in [0.5, 0.6) is 0 Å². The Morgan fingerprint density at radius 1 is 1.42 bits per heavy atom. The van der Waals surface area contributed by atoms with Crippen LogP contribution in [0, 0.1) is 0 Å². The van der Waals surface area contributed by atoms with Gasteiger partial charge in [0, 0.05) is 20.3 Å². The summed E-state index contributed by atoms with van der Waals surface area (Å²) in [6.45, 7) is 0.500. The lowest BCUT2D eigenvalue weighted by Crippen LogP contribution is -2.22.